The van der Waals surface area contributed by atoms with E-state index in [1.54, 1.807) is 6.20 Å². The van der Waals surface area contributed by atoms with Gasteiger partial charge in [0.15, 0.2) is 0 Å². The van der Waals surface area contributed by atoms with Crippen LogP contribution in [0.5, 0.6) is 0 Å². The highest BCUT2D eigenvalue weighted by Gasteiger charge is 2.20. The topological polar surface area (TPSA) is 104 Å². The number of amides is 1. The van der Waals surface area contributed by atoms with Crippen LogP contribution in [-0.2, 0) is 4.79 Å². The van der Waals surface area contributed by atoms with E-state index in [0.29, 0.717) is 16.7 Å². The molecule has 0 aromatic carbocycles. The Morgan fingerprint density at radius 3 is 2.89 bits per heavy atom. The third-order valence-electron chi connectivity index (χ3n) is 3.12. The summed E-state index contributed by atoms with van der Waals surface area (Å²) in [5.41, 5.74) is 5.61. The summed E-state index contributed by atoms with van der Waals surface area (Å²) in [6.45, 7) is 1.94. The largest absolute Gasteiger partial charge is 0.380 e. The summed E-state index contributed by atoms with van der Waals surface area (Å²) in [6.07, 6.45) is 3.38. The van der Waals surface area contributed by atoms with Crippen molar-refractivity contribution in [3.63, 3.8) is 0 Å². The molecule has 1 saturated heterocycles. The van der Waals surface area contributed by atoms with E-state index in [1.165, 1.54) is 0 Å². The van der Waals surface area contributed by atoms with E-state index in [0.717, 1.165) is 25.9 Å². The number of likely N-dealkylation sites (tertiary alicyclic amines) is 1. The maximum Gasteiger partial charge on any atom is 0.280 e. The van der Waals surface area contributed by atoms with Crippen LogP contribution in [0.4, 0.5) is 5.69 Å². The van der Waals surface area contributed by atoms with E-state index in [-0.39, 0.29) is 17.5 Å². The third-order valence-corrected chi connectivity index (χ3v) is 3.91. The summed E-state index contributed by atoms with van der Waals surface area (Å²) in [5, 5.41) is 9.41. The minimum absolute atomic E-state index is 0.254. The van der Waals surface area contributed by atoms with Crippen molar-refractivity contribution in [2.75, 3.05) is 25.0 Å². The van der Waals surface area contributed by atoms with Crippen LogP contribution >= 0.6 is 15.9 Å². The molecule has 0 radical (unpaired) electrons. The van der Waals surface area contributed by atoms with Gasteiger partial charge in [0.05, 0.1) is 18.4 Å². The number of hydrogen-bond donors (Lipinski definition) is 3. The van der Waals surface area contributed by atoms with Gasteiger partial charge in [-0.1, -0.05) is 0 Å². The molecule has 19 heavy (non-hydrogen) atoms. The van der Waals surface area contributed by atoms with Gasteiger partial charge in [-0.2, -0.15) is 5.10 Å². The van der Waals surface area contributed by atoms with Gasteiger partial charge in [-0.05, 0) is 28.8 Å². The Morgan fingerprint density at radius 1 is 1.58 bits per heavy atom. The molecule has 0 saturated carbocycles. The number of carbonyl (C=O) groups excluding carboxylic acids is 1. The average Bonchev–Trinajstić information content (AvgIpc) is 2.37. The van der Waals surface area contributed by atoms with E-state index in [9.17, 15) is 9.59 Å². The monoisotopic (exact) mass is 329 g/mol. The smallest absolute Gasteiger partial charge is 0.280 e. The zero-order valence-electron chi connectivity index (χ0n) is 10.4. The number of halogens is 1. The normalized spacial score (nSPS) is 17.3. The number of primary amides is 1. The molecule has 0 unspecified atom stereocenters. The van der Waals surface area contributed by atoms with Crippen molar-refractivity contribution >= 4 is 27.5 Å². The first-order valence-electron chi connectivity index (χ1n) is 6.06. The number of anilines is 1. The summed E-state index contributed by atoms with van der Waals surface area (Å²) in [6, 6.07) is 0.268. The fourth-order valence-electron chi connectivity index (χ4n) is 2.16. The predicted octanol–water partition coefficient (Wildman–Crippen LogP) is -0.106. The van der Waals surface area contributed by atoms with Crippen LogP contribution in [-0.4, -0.2) is 46.7 Å². The predicted molar refractivity (Wildman–Crippen MR) is 74.8 cm³/mol. The van der Waals surface area contributed by atoms with Gasteiger partial charge < -0.3 is 11.1 Å². The number of hydrogen-bond acceptors (Lipinski definition) is 5. The van der Waals surface area contributed by atoms with Crippen molar-refractivity contribution in [1.29, 1.82) is 0 Å². The van der Waals surface area contributed by atoms with Crippen molar-refractivity contribution in [3.05, 3.63) is 21.0 Å². The Labute approximate surface area is 118 Å². The number of nitrogens with two attached hydrogens (primary N) is 1. The highest BCUT2D eigenvalue weighted by atomic mass is 79.9. The highest BCUT2D eigenvalue weighted by Crippen LogP contribution is 2.20. The molecule has 0 bridgehead atoms. The molecular formula is C11H16BrN5O2. The minimum Gasteiger partial charge on any atom is -0.380 e. The van der Waals surface area contributed by atoms with Crippen LogP contribution in [0.1, 0.15) is 12.8 Å². The molecule has 0 spiro atoms. The molecule has 2 rings (SSSR count). The van der Waals surface area contributed by atoms with Gasteiger partial charge in [-0.15, -0.1) is 0 Å². The first-order chi connectivity index (χ1) is 9.06. The number of carbonyl (C=O) groups is 1. The number of piperidine rings is 1. The van der Waals surface area contributed by atoms with E-state index >= 15 is 0 Å². The van der Waals surface area contributed by atoms with E-state index in [2.05, 4.69) is 31.4 Å². The maximum atomic E-state index is 11.4. The summed E-state index contributed by atoms with van der Waals surface area (Å²) in [4.78, 5) is 24.3. The molecule has 4 N–H and O–H groups in total. The molecule has 1 amide bonds. The number of aromatic nitrogens is 2. The molecule has 8 heteroatoms. The molecule has 2 heterocycles. The fourth-order valence-corrected chi connectivity index (χ4v) is 2.47. The summed E-state index contributed by atoms with van der Waals surface area (Å²) < 4.78 is 0.460. The van der Waals surface area contributed by atoms with Crippen molar-refractivity contribution in [2.45, 2.75) is 18.9 Å². The van der Waals surface area contributed by atoms with Crippen LogP contribution in [0.15, 0.2) is 15.5 Å². The zero-order valence-corrected chi connectivity index (χ0v) is 11.9. The molecule has 1 fully saturated rings. The van der Waals surface area contributed by atoms with Gasteiger partial charge in [0.25, 0.3) is 5.56 Å². The summed E-state index contributed by atoms with van der Waals surface area (Å²) in [7, 11) is 0. The Kier molecular flexibility index (Phi) is 4.54. The molecule has 0 aliphatic carbocycles. The molecule has 0 atom stereocenters. The Bertz CT molecular complexity index is 510. The second-order valence-corrected chi connectivity index (χ2v) is 5.38. The lowest BCUT2D eigenvalue weighted by Gasteiger charge is -2.32. The van der Waals surface area contributed by atoms with Crippen molar-refractivity contribution in [1.82, 2.24) is 15.1 Å². The molecule has 1 aromatic heterocycles. The minimum atomic E-state index is -0.298. The van der Waals surface area contributed by atoms with Gasteiger partial charge in [-0.3, -0.25) is 14.5 Å². The second kappa shape index (κ2) is 6.16. The summed E-state index contributed by atoms with van der Waals surface area (Å²) in [5.74, 6) is -0.298. The second-order valence-electron chi connectivity index (χ2n) is 4.59. The Balaban J connectivity index is 1.90. The maximum absolute atomic E-state index is 11.4. The Morgan fingerprint density at radius 2 is 2.26 bits per heavy atom. The van der Waals surface area contributed by atoms with Gasteiger partial charge in [0.1, 0.15) is 4.47 Å². The van der Waals surface area contributed by atoms with Gasteiger partial charge in [-0.25, -0.2) is 5.10 Å². The van der Waals surface area contributed by atoms with Crippen LogP contribution in [0, 0.1) is 0 Å². The third kappa shape index (κ3) is 3.77. The Hall–Kier alpha value is -1.41. The molecule has 1 aromatic rings. The number of nitrogens with one attached hydrogen (secondary N) is 2. The van der Waals surface area contributed by atoms with Crippen molar-refractivity contribution < 1.29 is 4.79 Å². The quantitative estimate of drug-likeness (QED) is 0.715. The van der Waals surface area contributed by atoms with Crippen LogP contribution in [0.2, 0.25) is 0 Å². The number of aromatic amines is 1. The van der Waals surface area contributed by atoms with Crippen LogP contribution < -0.4 is 16.6 Å². The fraction of sp³-hybridized carbons (Fsp3) is 0.545. The van der Waals surface area contributed by atoms with Crippen molar-refractivity contribution in [3.8, 4) is 0 Å². The van der Waals surface area contributed by atoms with Gasteiger partial charge in [0.2, 0.25) is 5.91 Å². The molecule has 7 nitrogen and oxygen atoms in total. The number of nitrogens with zero attached hydrogens (tertiary/aromatic N) is 2. The van der Waals surface area contributed by atoms with E-state index < -0.39 is 0 Å². The molecule has 104 valence electrons. The zero-order chi connectivity index (χ0) is 13.8. The standard InChI is InChI=1S/C11H16BrN5O2/c12-10-8(5-14-16-11(10)19)15-7-1-3-17(4-2-7)6-9(13)18/h5,7H,1-4,6H2,(H2,13,18)(H2,15,16,19). The molecular weight excluding hydrogens is 314 g/mol. The lowest BCUT2D eigenvalue weighted by Crippen LogP contribution is -2.43. The van der Waals surface area contributed by atoms with Gasteiger partial charge >= 0.3 is 0 Å². The lowest BCUT2D eigenvalue weighted by atomic mass is 10.0. The highest BCUT2D eigenvalue weighted by molar-refractivity contribution is 9.10. The number of H-pyrrole nitrogens is 1. The van der Waals surface area contributed by atoms with E-state index in [1.807, 2.05) is 4.90 Å². The van der Waals surface area contributed by atoms with Gasteiger partial charge in [0, 0.05) is 19.1 Å². The van der Waals surface area contributed by atoms with Crippen molar-refractivity contribution in [2.24, 2.45) is 5.73 Å². The van der Waals surface area contributed by atoms with Crippen LogP contribution in [0.3, 0.4) is 0 Å². The molecule has 1 aliphatic rings. The molecule has 1 aliphatic heterocycles. The number of rotatable bonds is 4. The average molecular weight is 330 g/mol. The SMILES string of the molecule is NC(=O)CN1CCC(Nc2cn[nH]c(=O)c2Br)CC1. The van der Waals surface area contributed by atoms with Crippen LogP contribution in [0.25, 0.3) is 0 Å². The lowest BCUT2D eigenvalue weighted by molar-refractivity contribution is -0.119. The summed E-state index contributed by atoms with van der Waals surface area (Å²) >= 11 is 3.23. The first kappa shape index (κ1) is 14.0. The van der Waals surface area contributed by atoms with E-state index in [4.69, 9.17) is 5.73 Å². The first-order valence-corrected chi connectivity index (χ1v) is 6.86.